The van der Waals surface area contributed by atoms with Crippen LogP contribution >= 0.6 is 34.0 Å². The Kier molecular flexibility index (Phi) is 5.88. The predicted octanol–water partition coefficient (Wildman–Crippen LogP) is 2.32. The molecule has 0 amide bonds. The van der Waals surface area contributed by atoms with E-state index in [2.05, 4.69) is 34.4 Å². The van der Waals surface area contributed by atoms with E-state index in [0.29, 0.717) is 12.6 Å². The molecular formula is C12H19Br2N3O. The maximum atomic E-state index is 5.64. The molecule has 0 radical (unpaired) electrons. The average molecular weight is 381 g/mol. The normalized spacial score (nSPS) is 17.4. The zero-order valence-corrected chi connectivity index (χ0v) is 13.8. The zero-order valence-electron chi connectivity index (χ0n) is 10.4. The van der Waals surface area contributed by atoms with Crippen LogP contribution in [0.25, 0.3) is 0 Å². The van der Waals surface area contributed by atoms with Gasteiger partial charge in [0, 0.05) is 31.7 Å². The molecule has 0 unspecified atom stereocenters. The molecule has 6 heteroatoms. The largest absolute Gasteiger partial charge is 0.476 e. The lowest BCUT2D eigenvalue weighted by molar-refractivity contribution is 0.314. The molecule has 0 aromatic carbocycles. The third kappa shape index (κ3) is 3.36. The Labute approximate surface area is 129 Å². The van der Waals surface area contributed by atoms with Gasteiger partial charge in [0.25, 0.3) is 0 Å². The third-order valence-electron chi connectivity index (χ3n) is 3.21. The molecule has 0 bridgehead atoms. The van der Waals surface area contributed by atoms with Gasteiger partial charge in [-0.05, 0) is 25.0 Å². The maximum absolute atomic E-state index is 5.64. The van der Waals surface area contributed by atoms with Crippen molar-refractivity contribution in [3.05, 3.63) is 17.7 Å². The standard InChI is InChI=1S/C12H17N3O.2BrH/c1-15(10-3-4-10)11-5-2-9-8-13-6-7-16-12(9)14-11;;/h2,5,10,13H,3-4,6-8H2,1H3;2*1H. The minimum atomic E-state index is 0. The Morgan fingerprint density at radius 1 is 1.33 bits per heavy atom. The highest BCUT2D eigenvalue weighted by Gasteiger charge is 2.27. The van der Waals surface area contributed by atoms with Crippen LogP contribution in [0.3, 0.4) is 0 Å². The van der Waals surface area contributed by atoms with Crippen LogP contribution in [-0.2, 0) is 6.54 Å². The number of aromatic nitrogens is 1. The summed E-state index contributed by atoms with van der Waals surface area (Å²) < 4.78 is 5.64. The number of pyridine rings is 1. The summed E-state index contributed by atoms with van der Waals surface area (Å²) in [5, 5.41) is 3.31. The Balaban J connectivity index is 0.000000810. The van der Waals surface area contributed by atoms with Crippen LogP contribution in [0.5, 0.6) is 5.88 Å². The Morgan fingerprint density at radius 3 is 2.83 bits per heavy atom. The van der Waals surface area contributed by atoms with Gasteiger partial charge >= 0.3 is 0 Å². The molecule has 1 saturated carbocycles. The highest BCUT2D eigenvalue weighted by Crippen LogP contribution is 2.30. The second kappa shape index (κ2) is 6.73. The molecule has 1 aliphatic carbocycles. The SMILES string of the molecule is Br.Br.CN(c1ccc2c(n1)OCCNC2)C1CC1. The van der Waals surface area contributed by atoms with Crippen molar-refractivity contribution in [3.63, 3.8) is 0 Å². The molecule has 18 heavy (non-hydrogen) atoms. The predicted molar refractivity (Wildman–Crippen MR) is 83.5 cm³/mol. The Morgan fingerprint density at radius 2 is 2.11 bits per heavy atom. The number of anilines is 1. The van der Waals surface area contributed by atoms with Crippen molar-refractivity contribution in [1.82, 2.24) is 10.3 Å². The summed E-state index contributed by atoms with van der Waals surface area (Å²) in [7, 11) is 2.11. The summed E-state index contributed by atoms with van der Waals surface area (Å²) in [6.45, 7) is 2.45. The van der Waals surface area contributed by atoms with Gasteiger partial charge in [0.15, 0.2) is 0 Å². The van der Waals surface area contributed by atoms with Crippen molar-refractivity contribution in [2.45, 2.75) is 25.4 Å². The van der Waals surface area contributed by atoms with Crippen LogP contribution in [-0.4, -0.2) is 31.2 Å². The molecule has 1 aliphatic heterocycles. The van der Waals surface area contributed by atoms with Crippen molar-refractivity contribution in [1.29, 1.82) is 0 Å². The number of hydrogen-bond donors (Lipinski definition) is 1. The summed E-state index contributed by atoms with van der Waals surface area (Å²) in [5.41, 5.74) is 1.16. The van der Waals surface area contributed by atoms with E-state index in [4.69, 9.17) is 4.74 Å². The van der Waals surface area contributed by atoms with Crippen LogP contribution in [0.1, 0.15) is 18.4 Å². The van der Waals surface area contributed by atoms with Crippen LogP contribution in [0.15, 0.2) is 12.1 Å². The van der Waals surface area contributed by atoms with E-state index in [-0.39, 0.29) is 34.0 Å². The van der Waals surface area contributed by atoms with Gasteiger partial charge in [-0.1, -0.05) is 0 Å². The van der Waals surface area contributed by atoms with E-state index >= 15 is 0 Å². The molecule has 1 N–H and O–H groups in total. The average Bonchev–Trinajstić information content (AvgIpc) is 3.14. The number of ether oxygens (including phenoxy) is 1. The first-order valence-electron chi connectivity index (χ1n) is 5.91. The number of halogens is 2. The number of rotatable bonds is 2. The van der Waals surface area contributed by atoms with Gasteiger partial charge in [0.05, 0.1) is 0 Å². The van der Waals surface area contributed by atoms with Crippen molar-refractivity contribution in [2.75, 3.05) is 25.1 Å². The van der Waals surface area contributed by atoms with Gasteiger partial charge in [-0.3, -0.25) is 0 Å². The molecule has 102 valence electrons. The number of nitrogens with zero attached hydrogens (tertiary/aromatic N) is 2. The quantitative estimate of drug-likeness (QED) is 0.854. The fourth-order valence-electron chi connectivity index (χ4n) is 2.01. The first-order chi connectivity index (χ1) is 7.84. The van der Waals surface area contributed by atoms with E-state index in [1.807, 2.05) is 0 Å². The zero-order chi connectivity index (χ0) is 11.0. The molecule has 0 atom stereocenters. The minimum absolute atomic E-state index is 0. The smallest absolute Gasteiger partial charge is 0.219 e. The second-order valence-electron chi connectivity index (χ2n) is 4.50. The van der Waals surface area contributed by atoms with Crippen molar-refractivity contribution < 1.29 is 4.74 Å². The fraction of sp³-hybridized carbons (Fsp3) is 0.583. The molecular weight excluding hydrogens is 362 g/mol. The molecule has 1 fully saturated rings. The molecule has 0 spiro atoms. The topological polar surface area (TPSA) is 37.4 Å². The van der Waals surface area contributed by atoms with Crippen molar-refractivity contribution in [3.8, 4) is 5.88 Å². The molecule has 4 nitrogen and oxygen atoms in total. The first kappa shape index (κ1) is 15.7. The lowest BCUT2D eigenvalue weighted by Crippen LogP contribution is -2.20. The lowest BCUT2D eigenvalue weighted by atomic mass is 10.2. The summed E-state index contributed by atoms with van der Waals surface area (Å²) in [6, 6.07) is 4.90. The van der Waals surface area contributed by atoms with Crippen LogP contribution in [0.4, 0.5) is 5.82 Å². The van der Waals surface area contributed by atoms with Crippen LogP contribution in [0, 0.1) is 0 Å². The first-order valence-corrected chi connectivity index (χ1v) is 5.91. The van der Waals surface area contributed by atoms with Gasteiger partial charge in [-0.2, -0.15) is 4.98 Å². The minimum Gasteiger partial charge on any atom is -0.476 e. The van der Waals surface area contributed by atoms with Crippen molar-refractivity contribution in [2.24, 2.45) is 0 Å². The molecule has 1 aromatic heterocycles. The molecule has 0 saturated heterocycles. The van der Waals surface area contributed by atoms with Crippen LogP contribution in [0.2, 0.25) is 0 Å². The maximum Gasteiger partial charge on any atom is 0.219 e. The molecule has 2 heterocycles. The highest BCUT2D eigenvalue weighted by molar-refractivity contribution is 8.93. The number of nitrogens with one attached hydrogen (secondary N) is 1. The molecule has 2 aliphatic rings. The summed E-state index contributed by atoms with van der Waals surface area (Å²) >= 11 is 0. The Hall–Kier alpha value is -0.330. The van der Waals surface area contributed by atoms with Gasteiger partial charge in [0.2, 0.25) is 5.88 Å². The van der Waals surface area contributed by atoms with E-state index in [1.165, 1.54) is 12.8 Å². The van der Waals surface area contributed by atoms with Gasteiger partial charge < -0.3 is 15.0 Å². The monoisotopic (exact) mass is 379 g/mol. The van der Waals surface area contributed by atoms with Crippen molar-refractivity contribution >= 4 is 39.8 Å². The second-order valence-corrected chi connectivity index (χ2v) is 4.50. The lowest BCUT2D eigenvalue weighted by Gasteiger charge is -2.18. The summed E-state index contributed by atoms with van der Waals surface area (Å²) in [6.07, 6.45) is 2.58. The van der Waals surface area contributed by atoms with E-state index in [1.54, 1.807) is 0 Å². The summed E-state index contributed by atoms with van der Waals surface area (Å²) in [4.78, 5) is 6.85. The van der Waals surface area contributed by atoms with Gasteiger partial charge in [0.1, 0.15) is 12.4 Å². The van der Waals surface area contributed by atoms with Crippen LogP contribution < -0.4 is 15.0 Å². The number of fused-ring (bicyclic) bond motifs is 1. The molecule has 3 rings (SSSR count). The Bertz CT molecular complexity index is 399. The van der Waals surface area contributed by atoms with Gasteiger partial charge in [-0.15, -0.1) is 34.0 Å². The van der Waals surface area contributed by atoms with E-state index < -0.39 is 0 Å². The number of hydrogen-bond acceptors (Lipinski definition) is 4. The third-order valence-corrected chi connectivity index (χ3v) is 3.21. The van der Waals surface area contributed by atoms with Gasteiger partial charge in [-0.25, -0.2) is 0 Å². The molecule has 1 aromatic rings. The van der Waals surface area contributed by atoms with E-state index in [9.17, 15) is 0 Å². The van der Waals surface area contributed by atoms with E-state index in [0.717, 1.165) is 30.4 Å². The summed E-state index contributed by atoms with van der Waals surface area (Å²) in [5.74, 6) is 1.83. The highest BCUT2D eigenvalue weighted by atomic mass is 79.9. The fourth-order valence-corrected chi connectivity index (χ4v) is 2.01.